The van der Waals surface area contributed by atoms with Gasteiger partial charge in [0, 0.05) is 12.0 Å². The number of benzene rings is 2. The normalized spacial score (nSPS) is 16.1. The van der Waals surface area contributed by atoms with Gasteiger partial charge in [0.05, 0.1) is 28.4 Å². The number of rotatable bonds is 6. The molecule has 0 radical (unpaired) electrons. The van der Waals surface area contributed by atoms with E-state index in [1.807, 2.05) is 0 Å². The van der Waals surface area contributed by atoms with E-state index in [0.29, 0.717) is 17.3 Å². The molecule has 2 heterocycles. The highest BCUT2D eigenvalue weighted by atomic mass is 32.2. The molecular formula is C22H19F3N2O6S. The molecule has 2 aromatic carbocycles. The minimum atomic E-state index is -4.73. The van der Waals surface area contributed by atoms with Crippen LogP contribution in [0.1, 0.15) is 24.1 Å². The topological polar surface area (TPSA) is 110 Å². The summed E-state index contributed by atoms with van der Waals surface area (Å²) in [6.07, 6.45) is -4.40. The molecule has 12 heteroatoms. The first-order valence-electron chi connectivity index (χ1n) is 10.1. The summed E-state index contributed by atoms with van der Waals surface area (Å²) in [4.78, 5) is 14.7. The molecule has 0 saturated heterocycles. The minimum Gasteiger partial charge on any atom is -0.486 e. The molecule has 0 unspecified atom stereocenters. The lowest BCUT2D eigenvalue weighted by Crippen LogP contribution is -2.43. The Kier molecular flexibility index (Phi) is 6.02. The molecule has 0 aliphatic carbocycles. The van der Waals surface area contributed by atoms with Crippen LogP contribution in [0.4, 0.5) is 18.9 Å². The number of aryl methyl sites for hydroxylation is 1. The fourth-order valence-electron chi connectivity index (χ4n) is 3.55. The smallest absolute Gasteiger partial charge is 0.416 e. The van der Waals surface area contributed by atoms with Gasteiger partial charge in [0.2, 0.25) is 5.89 Å². The molecule has 180 valence electrons. The first-order chi connectivity index (χ1) is 15.9. The van der Waals surface area contributed by atoms with Gasteiger partial charge >= 0.3 is 12.1 Å². The number of hydrogen-bond acceptors (Lipinski definition) is 6. The summed E-state index contributed by atoms with van der Waals surface area (Å²) in [5.74, 6) is -0.717. The number of oxazole rings is 1. The van der Waals surface area contributed by atoms with E-state index in [9.17, 15) is 26.4 Å². The van der Waals surface area contributed by atoms with Crippen molar-refractivity contribution in [2.24, 2.45) is 0 Å². The number of alkyl halides is 3. The molecule has 3 aromatic rings. The van der Waals surface area contributed by atoms with E-state index in [0.717, 1.165) is 22.5 Å². The van der Waals surface area contributed by atoms with Crippen molar-refractivity contribution in [1.29, 1.82) is 0 Å². The largest absolute Gasteiger partial charge is 0.486 e. The molecule has 1 aromatic heterocycles. The van der Waals surface area contributed by atoms with Crippen molar-refractivity contribution in [3.05, 3.63) is 60.0 Å². The number of carboxylic acids is 1. The average molecular weight is 496 g/mol. The molecule has 0 spiro atoms. The monoisotopic (exact) mass is 496 g/mol. The first kappa shape index (κ1) is 23.6. The van der Waals surface area contributed by atoms with Crippen LogP contribution in [-0.2, 0) is 21.0 Å². The Morgan fingerprint density at radius 1 is 1.24 bits per heavy atom. The van der Waals surface area contributed by atoms with Gasteiger partial charge in [-0.25, -0.2) is 13.4 Å². The van der Waals surface area contributed by atoms with Crippen molar-refractivity contribution >= 4 is 21.7 Å². The maximum absolute atomic E-state index is 13.5. The molecule has 0 fully saturated rings. The van der Waals surface area contributed by atoms with E-state index in [1.54, 1.807) is 13.0 Å². The van der Waals surface area contributed by atoms with Gasteiger partial charge in [0.25, 0.3) is 10.0 Å². The number of halogens is 3. The molecule has 1 aliphatic heterocycles. The lowest BCUT2D eigenvalue weighted by Gasteiger charge is -2.35. The Morgan fingerprint density at radius 3 is 2.65 bits per heavy atom. The van der Waals surface area contributed by atoms with Crippen LogP contribution >= 0.6 is 0 Å². The van der Waals surface area contributed by atoms with Crippen molar-refractivity contribution in [3.63, 3.8) is 0 Å². The van der Waals surface area contributed by atoms with Crippen molar-refractivity contribution in [1.82, 2.24) is 4.98 Å². The van der Waals surface area contributed by atoms with E-state index in [4.69, 9.17) is 14.3 Å². The molecule has 34 heavy (non-hydrogen) atoms. The van der Waals surface area contributed by atoms with Crippen LogP contribution < -0.4 is 9.04 Å². The van der Waals surface area contributed by atoms with Gasteiger partial charge < -0.3 is 14.3 Å². The highest BCUT2D eigenvalue weighted by Crippen LogP contribution is 2.41. The number of carboxylic acid groups (broad SMARTS) is 1. The van der Waals surface area contributed by atoms with Gasteiger partial charge in [0.15, 0.2) is 0 Å². The van der Waals surface area contributed by atoms with Gasteiger partial charge in [-0.05, 0) is 49.7 Å². The van der Waals surface area contributed by atoms with Gasteiger partial charge in [-0.2, -0.15) is 13.2 Å². The summed E-state index contributed by atoms with van der Waals surface area (Å²) >= 11 is 0. The zero-order chi connectivity index (χ0) is 24.7. The number of anilines is 1. The van der Waals surface area contributed by atoms with Crippen molar-refractivity contribution in [3.8, 4) is 17.2 Å². The third kappa shape index (κ3) is 4.72. The molecule has 1 atom stereocenters. The zero-order valence-electron chi connectivity index (χ0n) is 17.7. The van der Waals surface area contributed by atoms with Crippen molar-refractivity contribution < 1.29 is 40.6 Å². The average Bonchev–Trinajstić information content (AvgIpc) is 3.22. The standard InChI is InChI=1S/C22H19F3N2O6S/c1-13-12-32-21(26-13)14-5-7-19-18(9-14)27(11-16(33-19)6-8-20(28)29)34(30,31)17-4-2-3-15(10-17)22(23,24)25/h2-5,7,9-10,12,16H,6,8,11H2,1H3,(H,28,29)/t16-/m0/s1. The molecule has 4 rings (SSSR count). The van der Waals surface area contributed by atoms with Gasteiger partial charge in [-0.1, -0.05) is 6.07 Å². The summed E-state index contributed by atoms with van der Waals surface area (Å²) < 4.78 is 78.8. The summed E-state index contributed by atoms with van der Waals surface area (Å²) in [5.41, 5.74) is 0.0145. The number of aromatic nitrogens is 1. The Bertz CT molecular complexity index is 1340. The number of sulfonamides is 1. The highest BCUT2D eigenvalue weighted by Gasteiger charge is 2.37. The van der Waals surface area contributed by atoms with Crippen LogP contribution in [-0.4, -0.2) is 37.1 Å². The van der Waals surface area contributed by atoms with Crippen LogP contribution in [0.25, 0.3) is 11.5 Å². The van der Waals surface area contributed by atoms with E-state index >= 15 is 0 Å². The summed E-state index contributed by atoms with van der Waals surface area (Å²) in [6, 6.07) is 7.99. The molecule has 1 aliphatic rings. The third-order valence-corrected chi connectivity index (χ3v) is 6.96. The van der Waals surface area contributed by atoms with Crippen LogP contribution in [0.15, 0.2) is 58.0 Å². The van der Waals surface area contributed by atoms with Gasteiger partial charge in [-0.3, -0.25) is 9.10 Å². The Balaban J connectivity index is 1.80. The Hall–Kier alpha value is -3.54. The number of hydrogen-bond donors (Lipinski definition) is 1. The lowest BCUT2D eigenvalue weighted by molar-refractivity contribution is -0.138. The molecule has 1 N–H and O–H groups in total. The Labute approximate surface area is 192 Å². The fourth-order valence-corrected chi connectivity index (χ4v) is 5.10. The van der Waals surface area contributed by atoms with E-state index in [-0.39, 0.29) is 36.7 Å². The molecular weight excluding hydrogens is 477 g/mol. The van der Waals surface area contributed by atoms with Crippen LogP contribution in [0, 0.1) is 6.92 Å². The quantitative estimate of drug-likeness (QED) is 0.535. The number of ether oxygens (including phenoxy) is 1. The van der Waals surface area contributed by atoms with Crippen LogP contribution in [0.5, 0.6) is 5.75 Å². The van der Waals surface area contributed by atoms with Crippen molar-refractivity contribution in [2.75, 3.05) is 10.8 Å². The van der Waals surface area contributed by atoms with E-state index in [1.165, 1.54) is 18.4 Å². The van der Waals surface area contributed by atoms with Gasteiger partial charge in [-0.15, -0.1) is 0 Å². The third-order valence-electron chi connectivity index (χ3n) is 5.19. The first-order valence-corrected chi connectivity index (χ1v) is 11.5. The maximum atomic E-state index is 13.5. The fraction of sp³-hybridized carbons (Fsp3) is 0.273. The number of carbonyl (C=O) groups is 1. The molecule has 0 bridgehead atoms. The van der Waals surface area contributed by atoms with Crippen LogP contribution in [0.2, 0.25) is 0 Å². The zero-order valence-corrected chi connectivity index (χ0v) is 18.6. The SMILES string of the molecule is Cc1coc(-c2ccc3c(c2)N(S(=O)(=O)c2cccc(C(F)(F)F)c2)C[C@H](CCC(=O)O)O3)n1. The number of fused-ring (bicyclic) bond motifs is 1. The van der Waals surface area contributed by atoms with Crippen LogP contribution in [0.3, 0.4) is 0 Å². The predicted molar refractivity (Wildman–Crippen MR) is 114 cm³/mol. The Morgan fingerprint density at radius 2 is 2.00 bits per heavy atom. The molecule has 0 amide bonds. The second-order valence-corrected chi connectivity index (χ2v) is 9.57. The summed E-state index contributed by atoms with van der Waals surface area (Å²) in [5, 5.41) is 9.00. The summed E-state index contributed by atoms with van der Waals surface area (Å²) in [6.45, 7) is 1.43. The second kappa shape index (κ2) is 8.67. The van der Waals surface area contributed by atoms with E-state index in [2.05, 4.69) is 4.98 Å². The molecule has 0 saturated carbocycles. The lowest BCUT2D eigenvalue weighted by atomic mass is 10.1. The number of nitrogens with zero attached hydrogens (tertiary/aromatic N) is 2. The predicted octanol–water partition coefficient (Wildman–Crippen LogP) is 4.49. The molecule has 8 nitrogen and oxygen atoms in total. The minimum absolute atomic E-state index is 0.00404. The highest BCUT2D eigenvalue weighted by molar-refractivity contribution is 7.92. The van der Waals surface area contributed by atoms with Crippen molar-refractivity contribution in [2.45, 2.75) is 36.9 Å². The van der Waals surface area contributed by atoms with E-state index < -0.39 is 38.7 Å². The number of aliphatic carboxylic acids is 1. The summed E-state index contributed by atoms with van der Waals surface area (Å²) in [7, 11) is -4.47. The second-order valence-electron chi connectivity index (χ2n) is 7.71. The van der Waals surface area contributed by atoms with Gasteiger partial charge in [0.1, 0.15) is 18.1 Å². The maximum Gasteiger partial charge on any atom is 0.416 e.